The number of carbonyl (C=O) groups is 1. The maximum atomic E-state index is 12.6. The quantitative estimate of drug-likeness (QED) is 0.795. The summed E-state index contributed by atoms with van der Waals surface area (Å²) in [5.74, 6) is -0.0218. The summed E-state index contributed by atoms with van der Waals surface area (Å²) in [4.78, 5) is 14.3. The number of aryl methyl sites for hydroxylation is 1. The molecule has 2 rings (SSSR count). The van der Waals surface area contributed by atoms with Gasteiger partial charge in [0.25, 0.3) is 0 Å². The van der Waals surface area contributed by atoms with Gasteiger partial charge in [-0.05, 0) is 19.8 Å². The molecule has 0 saturated heterocycles. The van der Waals surface area contributed by atoms with E-state index < -0.39 is 5.54 Å². The highest BCUT2D eigenvalue weighted by molar-refractivity contribution is 8.00. The highest BCUT2D eigenvalue weighted by Gasteiger charge is 2.40. The van der Waals surface area contributed by atoms with Crippen molar-refractivity contribution >= 4 is 17.7 Å². The van der Waals surface area contributed by atoms with Gasteiger partial charge >= 0.3 is 0 Å². The Morgan fingerprint density at radius 2 is 2.19 bits per heavy atom. The van der Waals surface area contributed by atoms with Gasteiger partial charge in [-0.25, -0.2) is 0 Å². The third-order valence-corrected chi connectivity index (χ3v) is 5.30. The molecule has 1 saturated carbocycles. The smallest absolute Gasteiger partial charge is 0.236 e. The van der Waals surface area contributed by atoms with Gasteiger partial charge < -0.3 is 9.47 Å². The van der Waals surface area contributed by atoms with E-state index in [1.165, 1.54) is 11.8 Å². The van der Waals surface area contributed by atoms with Crippen LogP contribution in [0.5, 0.6) is 0 Å². The van der Waals surface area contributed by atoms with E-state index in [-0.39, 0.29) is 11.2 Å². The van der Waals surface area contributed by atoms with E-state index in [0.29, 0.717) is 5.16 Å². The minimum Gasteiger partial charge on any atom is -0.326 e. The van der Waals surface area contributed by atoms with Crippen LogP contribution in [0.3, 0.4) is 0 Å². The molecule has 0 bridgehead atoms. The summed E-state index contributed by atoms with van der Waals surface area (Å²) in [6, 6.07) is 2.39. The number of thioether (sulfide) groups is 1. The lowest BCUT2D eigenvalue weighted by molar-refractivity contribution is -0.133. The van der Waals surface area contributed by atoms with Crippen molar-refractivity contribution in [3.05, 3.63) is 6.33 Å². The van der Waals surface area contributed by atoms with Crippen molar-refractivity contribution in [3.63, 3.8) is 0 Å². The molecule has 0 N–H and O–H groups in total. The summed E-state index contributed by atoms with van der Waals surface area (Å²) in [7, 11) is 3.60. The number of hydrogen-bond acceptors (Lipinski definition) is 5. The highest BCUT2D eigenvalue weighted by atomic mass is 32.2. The molecule has 6 nitrogen and oxygen atoms in total. The van der Waals surface area contributed by atoms with Crippen LogP contribution in [0, 0.1) is 11.3 Å². The maximum absolute atomic E-state index is 12.6. The van der Waals surface area contributed by atoms with Crippen LogP contribution in [0.1, 0.15) is 39.0 Å². The Kier molecular flexibility index (Phi) is 4.88. The molecule has 1 fully saturated rings. The fourth-order valence-electron chi connectivity index (χ4n) is 2.73. The molecule has 0 spiro atoms. The molecule has 1 aromatic rings. The van der Waals surface area contributed by atoms with Gasteiger partial charge in [-0.15, -0.1) is 10.2 Å². The molecule has 0 unspecified atom stereocenters. The summed E-state index contributed by atoms with van der Waals surface area (Å²) >= 11 is 1.38. The van der Waals surface area contributed by atoms with E-state index in [4.69, 9.17) is 0 Å². The van der Waals surface area contributed by atoms with Gasteiger partial charge in [0.15, 0.2) is 5.16 Å². The first kappa shape index (κ1) is 15.8. The topological polar surface area (TPSA) is 74.8 Å². The second-order valence-electron chi connectivity index (χ2n) is 5.59. The molecule has 1 aromatic heterocycles. The van der Waals surface area contributed by atoms with E-state index in [1.807, 2.05) is 14.0 Å². The van der Waals surface area contributed by atoms with Crippen LogP contribution >= 0.6 is 11.8 Å². The molecule has 0 radical (unpaired) electrons. The van der Waals surface area contributed by atoms with Crippen molar-refractivity contribution in [1.29, 1.82) is 5.26 Å². The van der Waals surface area contributed by atoms with Crippen LogP contribution in [0.4, 0.5) is 0 Å². The molecular formula is C14H21N5OS. The monoisotopic (exact) mass is 307 g/mol. The fraction of sp³-hybridized carbons (Fsp3) is 0.714. The standard InChI is InChI=1S/C14H21N5OS/c1-11(21-13-17-16-10-18(13)2)12(20)19(3)14(9-15)7-5-4-6-8-14/h10-11H,4-8H2,1-3H3/t11-/m1/s1. The Hall–Kier alpha value is -1.55. The van der Waals surface area contributed by atoms with Crippen LogP contribution in [-0.4, -0.2) is 43.4 Å². The van der Waals surface area contributed by atoms with Crippen molar-refractivity contribution in [2.24, 2.45) is 7.05 Å². The average molecular weight is 307 g/mol. The van der Waals surface area contributed by atoms with Gasteiger partial charge in [0.05, 0.1) is 11.3 Å². The molecule has 1 atom stereocenters. The third-order valence-electron chi connectivity index (χ3n) is 4.16. The van der Waals surface area contributed by atoms with Crippen LogP contribution in [0.15, 0.2) is 11.5 Å². The van der Waals surface area contributed by atoms with E-state index in [9.17, 15) is 10.1 Å². The van der Waals surface area contributed by atoms with Crippen molar-refractivity contribution in [2.75, 3.05) is 7.05 Å². The number of nitrogens with zero attached hydrogens (tertiary/aromatic N) is 5. The van der Waals surface area contributed by atoms with Crippen LogP contribution in [0.25, 0.3) is 0 Å². The Morgan fingerprint density at radius 1 is 1.52 bits per heavy atom. The minimum absolute atomic E-state index is 0.0218. The van der Waals surface area contributed by atoms with Crippen molar-refractivity contribution in [3.8, 4) is 6.07 Å². The lowest BCUT2D eigenvalue weighted by Gasteiger charge is -2.40. The van der Waals surface area contributed by atoms with Crippen LogP contribution in [-0.2, 0) is 11.8 Å². The highest BCUT2D eigenvalue weighted by Crippen LogP contribution is 2.34. The molecule has 114 valence electrons. The molecule has 1 aliphatic carbocycles. The predicted octanol–water partition coefficient (Wildman–Crippen LogP) is 1.98. The largest absolute Gasteiger partial charge is 0.326 e. The molecular weight excluding hydrogens is 286 g/mol. The maximum Gasteiger partial charge on any atom is 0.236 e. The lowest BCUT2D eigenvalue weighted by atomic mass is 9.81. The zero-order valence-electron chi connectivity index (χ0n) is 12.7. The molecule has 1 amide bonds. The Labute approximate surface area is 129 Å². The Bertz CT molecular complexity index is 544. The second kappa shape index (κ2) is 6.48. The van der Waals surface area contributed by atoms with E-state index in [1.54, 1.807) is 22.8 Å². The zero-order valence-corrected chi connectivity index (χ0v) is 13.6. The Morgan fingerprint density at radius 3 is 2.71 bits per heavy atom. The number of hydrogen-bond donors (Lipinski definition) is 0. The van der Waals surface area contributed by atoms with Crippen LogP contribution in [0.2, 0.25) is 0 Å². The lowest BCUT2D eigenvalue weighted by Crippen LogP contribution is -2.52. The van der Waals surface area contributed by atoms with Crippen molar-refractivity contribution < 1.29 is 4.79 Å². The number of rotatable bonds is 4. The zero-order chi connectivity index (χ0) is 15.5. The van der Waals surface area contributed by atoms with Crippen molar-refractivity contribution in [2.45, 2.75) is 55.0 Å². The second-order valence-corrected chi connectivity index (χ2v) is 6.89. The molecule has 1 heterocycles. The van der Waals surface area contributed by atoms with Gasteiger partial charge in [0, 0.05) is 14.1 Å². The number of nitriles is 1. The first-order valence-electron chi connectivity index (χ1n) is 7.20. The molecule has 1 aliphatic rings. The van der Waals surface area contributed by atoms with Gasteiger partial charge in [-0.3, -0.25) is 4.79 Å². The van der Waals surface area contributed by atoms with E-state index in [2.05, 4.69) is 16.3 Å². The Balaban J connectivity index is 2.07. The third kappa shape index (κ3) is 3.21. The SMILES string of the molecule is C[C@@H](Sc1nncn1C)C(=O)N(C)C1(C#N)CCCCC1. The molecule has 0 aliphatic heterocycles. The number of amides is 1. The number of aromatic nitrogens is 3. The molecule has 0 aromatic carbocycles. The van der Waals surface area contributed by atoms with Crippen molar-refractivity contribution in [1.82, 2.24) is 19.7 Å². The van der Waals surface area contributed by atoms with E-state index >= 15 is 0 Å². The molecule has 7 heteroatoms. The molecule has 21 heavy (non-hydrogen) atoms. The van der Waals surface area contributed by atoms with E-state index in [0.717, 1.165) is 32.1 Å². The summed E-state index contributed by atoms with van der Waals surface area (Å²) in [6.07, 6.45) is 6.32. The predicted molar refractivity (Wildman–Crippen MR) is 80.5 cm³/mol. The van der Waals surface area contributed by atoms with Gasteiger partial charge in [0.2, 0.25) is 5.91 Å². The average Bonchev–Trinajstić information content (AvgIpc) is 2.91. The summed E-state index contributed by atoms with van der Waals surface area (Å²) in [5, 5.41) is 17.8. The summed E-state index contributed by atoms with van der Waals surface area (Å²) < 4.78 is 1.79. The minimum atomic E-state index is -0.635. The normalized spacial score (nSPS) is 18.8. The van der Waals surface area contributed by atoms with Gasteiger partial charge in [-0.2, -0.15) is 5.26 Å². The first-order chi connectivity index (χ1) is 10.00. The first-order valence-corrected chi connectivity index (χ1v) is 8.08. The fourth-order valence-corrected chi connectivity index (χ4v) is 3.61. The van der Waals surface area contributed by atoms with Gasteiger partial charge in [-0.1, -0.05) is 31.0 Å². The number of carbonyl (C=O) groups excluding carboxylic acids is 1. The summed E-state index contributed by atoms with van der Waals surface area (Å²) in [5.41, 5.74) is -0.635. The summed E-state index contributed by atoms with van der Waals surface area (Å²) in [6.45, 7) is 1.85. The van der Waals surface area contributed by atoms with Crippen LogP contribution < -0.4 is 0 Å². The van der Waals surface area contributed by atoms with Gasteiger partial charge in [0.1, 0.15) is 11.9 Å².